The van der Waals surface area contributed by atoms with Gasteiger partial charge in [0.2, 0.25) is 0 Å². The van der Waals surface area contributed by atoms with Crippen molar-refractivity contribution in [2.45, 2.75) is 42.5 Å². The molecule has 2 rings (SSSR count). The Morgan fingerprint density at radius 2 is 2.43 bits per heavy atom. The fraction of sp³-hybridized carbons (Fsp3) is 0.667. The molecule has 21 heavy (non-hydrogen) atoms. The number of nitrogens with one attached hydrogen (secondary N) is 1. The summed E-state index contributed by atoms with van der Waals surface area (Å²) >= 11 is 0.989. The fourth-order valence-corrected chi connectivity index (χ4v) is 4.12. The lowest BCUT2D eigenvalue weighted by atomic mass is 10.0. The summed E-state index contributed by atoms with van der Waals surface area (Å²) in [6, 6.07) is -1.03. The number of hydrogen-bond acceptors (Lipinski definition) is 7. The van der Waals surface area contributed by atoms with E-state index in [1.54, 1.807) is 6.92 Å². The monoisotopic (exact) mass is 334 g/mol. The second-order valence-corrected chi connectivity index (χ2v) is 7.40. The van der Waals surface area contributed by atoms with E-state index in [4.69, 9.17) is 9.47 Å². The van der Waals surface area contributed by atoms with Gasteiger partial charge >= 0.3 is 5.97 Å². The fourth-order valence-electron chi connectivity index (χ4n) is 2.10. The van der Waals surface area contributed by atoms with Crippen LogP contribution in [-0.4, -0.2) is 44.7 Å². The second-order valence-electron chi connectivity index (χ2n) is 4.58. The Kier molecular flexibility index (Phi) is 5.68. The van der Waals surface area contributed by atoms with Gasteiger partial charge in [0.25, 0.3) is 10.0 Å². The van der Waals surface area contributed by atoms with Gasteiger partial charge in [0.15, 0.2) is 4.21 Å². The van der Waals surface area contributed by atoms with E-state index in [-0.39, 0.29) is 10.8 Å². The van der Waals surface area contributed by atoms with E-state index in [0.717, 1.165) is 24.2 Å². The maximum atomic E-state index is 12.3. The van der Waals surface area contributed by atoms with Crippen LogP contribution in [0.1, 0.15) is 26.2 Å². The Balaban J connectivity index is 2.17. The number of aromatic nitrogens is 1. The number of hydrogen-bond donors (Lipinski definition) is 1. The number of rotatable bonds is 6. The summed E-state index contributed by atoms with van der Waals surface area (Å²) in [4.78, 5) is 15.8. The number of nitrogens with zero attached hydrogens (tertiary/aromatic N) is 1. The van der Waals surface area contributed by atoms with Gasteiger partial charge in [-0.2, -0.15) is 4.72 Å². The van der Waals surface area contributed by atoms with Crippen molar-refractivity contribution in [3.8, 4) is 0 Å². The molecule has 1 N–H and O–H groups in total. The van der Waals surface area contributed by atoms with Crippen molar-refractivity contribution in [3.63, 3.8) is 0 Å². The summed E-state index contributed by atoms with van der Waals surface area (Å²) in [5.74, 6) is -0.613. The molecule has 0 bridgehead atoms. The van der Waals surface area contributed by atoms with Crippen molar-refractivity contribution < 1.29 is 22.7 Å². The predicted molar refractivity (Wildman–Crippen MR) is 76.4 cm³/mol. The largest absolute Gasteiger partial charge is 0.465 e. The van der Waals surface area contributed by atoms with E-state index >= 15 is 0 Å². The minimum atomic E-state index is -3.80. The van der Waals surface area contributed by atoms with Crippen LogP contribution in [0.2, 0.25) is 0 Å². The van der Waals surface area contributed by atoms with Crippen LogP contribution in [0.15, 0.2) is 15.9 Å². The number of carbonyl (C=O) groups is 1. The van der Waals surface area contributed by atoms with E-state index in [2.05, 4.69) is 9.71 Å². The first-order valence-electron chi connectivity index (χ1n) is 6.73. The van der Waals surface area contributed by atoms with Gasteiger partial charge in [-0.3, -0.25) is 9.78 Å². The molecule has 1 aromatic rings. The molecule has 1 saturated heterocycles. The lowest BCUT2D eigenvalue weighted by Crippen LogP contribution is -2.51. The van der Waals surface area contributed by atoms with Crippen LogP contribution in [0.3, 0.4) is 0 Å². The minimum absolute atomic E-state index is 0.0626. The summed E-state index contributed by atoms with van der Waals surface area (Å²) in [5.41, 5.74) is 1.42. The molecule has 2 atom stereocenters. The quantitative estimate of drug-likeness (QED) is 0.778. The second kappa shape index (κ2) is 7.30. The number of thiazole rings is 1. The molecule has 2 unspecified atom stereocenters. The highest BCUT2D eigenvalue weighted by Gasteiger charge is 2.36. The summed E-state index contributed by atoms with van der Waals surface area (Å²) < 4.78 is 37.5. The molecule has 1 aromatic heterocycles. The number of sulfonamides is 1. The average Bonchev–Trinajstić information content (AvgIpc) is 3.01. The van der Waals surface area contributed by atoms with Gasteiger partial charge in [0.1, 0.15) is 6.04 Å². The maximum absolute atomic E-state index is 12.3. The number of carbonyl (C=O) groups excluding carboxylic acids is 1. The Hall–Kier alpha value is -1.03. The highest BCUT2D eigenvalue weighted by atomic mass is 32.2. The third-order valence-electron chi connectivity index (χ3n) is 3.08. The van der Waals surface area contributed by atoms with Crippen molar-refractivity contribution in [1.29, 1.82) is 0 Å². The molecule has 0 radical (unpaired) electrons. The van der Waals surface area contributed by atoms with Gasteiger partial charge in [-0.15, -0.1) is 11.3 Å². The molecular formula is C12H18N2O5S2. The summed E-state index contributed by atoms with van der Waals surface area (Å²) in [6.45, 7) is 2.38. The molecule has 0 aliphatic carbocycles. The van der Waals surface area contributed by atoms with Crippen LogP contribution < -0.4 is 4.72 Å². The maximum Gasteiger partial charge on any atom is 0.326 e. The Bertz CT molecular complexity index is 552. The Morgan fingerprint density at radius 3 is 3.00 bits per heavy atom. The zero-order valence-electron chi connectivity index (χ0n) is 11.6. The van der Waals surface area contributed by atoms with Crippen LogP contribution in [0.25, 0.3) is 0 Å². The summed E-state index contributed by atoms with van der Waals surface area (Å²) in [6.07, 6.45) is 3.17. The number of ether oxygens (including phenoxy) is 2. The molecule has 118 valence electrons. The molecule has 0 aromatic carbocycles. The lowest BCUT2D eigenvalue weighted by Gasteiger charge is -2.29. The van der Waals surface area contributed by atoms with Gasteiger partial charge in [-0.25, -0.2) is 8.42 Å². The molecule has 7 nitrogen and oxygen atoms in total. The van der Waals surface area contributed by atoms with Crippen molar-refractivity contribution >= 4 is 27.3 Å². The molecule has 0 spiro atoms. The molecule has 0 amide bonds. The van der Waals surface area contributed by atoms with Crippen molar-refractivity contribution in [3.05, 3.63) is 11.7 Å². The highest BCUT2D eigenvalue weighted by molar-refractivity contribution is 7.91. The molecule has 0 saturated carbocycles. The van der Waals surface area contributed by atoms with Gasteiger partial charge < -0.3 is 9.47 Å². The van der Waals surface area contributed by atoms with Crippen molar-refractivity contribution in [2.75, 3.05) is 13.2 Å². The first kappa shape index (κ1) is 16.3. The third kappa shape index (κ3) is 4.22. The van der Waals surface area contributed by atoms with E-state index < -0.39 is 28.1 Å². The molecule has 1 aliphatic heterocycles. The van der Waals surface area contributed by atoms with Crippen LogP contribution in [-0.2, 0) is 24.3 Å². The van der Waals surface area contributed by atoms with Crippen LogP contribution in [0, 0.1) is 0 Å². The smallest absolute Gasteiger partial charge is 0.326 e. The molecular weight excluding hydrogens is 316 g/mol. The standard InChI is InChI=1S/C12H18N2O5S2/c1-2-18-12(15)11(9-5-3-4-6-19-9)14-21(16,17)10-7-13-8-20-10/h7-9,11,14H,2-6H2,1H3. The van der Waals surface area contributed by atoms with E-state index in [1.807, 2.05) is 0 Å². The predicted octanol–water partition coefficient (Wildman–Crippen LogP) is 0.922. The van der Waals surface area contributed by atoms with Crippen LogP contribution in [0.4, 0.5) is 0 Å². The zero-order chi connectivity index (χ0) is 15.3. The number of esters is 1. The summed E-state index contributed by atoms with van der Waals surface area (Å²) in [7, 11) is -3.80. The normalized spacial score (nSPS) is 20.9. The SMILES string of the molecule is CCOC(=O)C(NS(=O)(=O)c1cncs1)C1CCCCO1. The van der Waals surface area contributed by atoms with Crippen molar-refractivity contribution in [2.24, 2.45) is 0 Å². The first-order chi connectivity index (χ1) is 10.0. The molecule has 2 heterocycles. The lowest BCUT2D eigenvalue weighted by molar-refractivity contribution is -0.150. The van der Waals surface area contributed by atoms with Gasteiger partial charge in [-0.05, 0) is 26.2 Å². The van der Waals surface area contributed by atoms with Crippen LogP contribution >= 0.6 is 11.3 Å². The van der Waals surface area contributed by atoms with E-state index in [9.17, 15) is 13.2 Å². The summed E-state index contributed by atoms with van der Waals surface area (Å²) in [5, 5.41) is 0. The third-order valence-corrected chi connectivity index (χ3v) is 5.79. The highest BCUT2D eigenvalue weighted by Crippen LogP contribution is 2.20. The topological polar surface area (TPSA) is 94.6 Å². The van der Waals surface area contributed by atoms with Gasteiger partial charge in [0.05, 0.1) is 24.4 Å². The van der Waals surface area contributed by atoms with Crippen LogP contribution in [0.5, 0.6) is 0 Å². The first-order valence-corrected chi connectivity index (χ1v) is 9.10. The Labute approximate surface area is 127 Å². The zero-order valence-corrected chi connectivity index (χ0v) is 13.3. The molecule has 1 fully saturated rings. The average molecular weight is 334 g/mol. The minimum Gasteiger partial charge on any atom is -0.465 e. The molecule has 1 aliphatic rings. The van der Waals surface area contributed by atoms with E-state index in [1.165, 1.54) is 11.7 Å². The molecule has 9 heteroatoms. The Morgan fingerprint density at radius 1 is 1.62 bits per heavy atom. The van der Waals surface area contributed by atoms with Gasteiger partial charge in [-0.1, -0.05) is 0 Å². The van der Waals surface area contributed by atoms with Crippen molar-refractivity contribution in [1.82, 2.24) is 9.71 Å². The van der Waals surface area contributed by atoms with Gasteiger partial charge in [0, 0.05) is 6.61 Å². The van der Waals surface area contributed by atoms with E-state index in [0.29, 0.717) is 13.0 Å².